The lowest BCUT2D eigenvalue weighted by atomic mass is 10.0. The van der Waals surface area contributed by atoms with E-state index < -0.39 is 12.2 Å². The molecule has 0 radical (unpaired) electrons. The average Bonchev–Trinajstić information content (AvgIpc) is 2.78. The van der Waals surface area contributed by atoms with Gasteiger partial charge < -0.3 is 20.1 Å². The van der Waals surface area contributed by atoms with Crippen LogP contribution in [0.3, 0.4) is 0 Å². The van der Waals surface area contributed by atoms with Gasteiger partial charge in [-0.1, -0.05) is 52.0 Å². The quantitative estimate of drug-likeness (QED) is 0.512. The van der Waals surface area contributed by atoms with Gasteiger partial charge in [0.15, 0.2) is 12.2 Å². The highest BCUT2D eigenvalue weighted by Gasteiger charge is 2.19. The van der Waals surface area contributed by atoms with Gasteiger partial charge in [0.2, 0.25) is 0 Å². The summed E-state index contributed by atoms with van der Waals surface area (Å²) in [5.74, 6) is 1.70. The lowest BCUT2D eigenvalue weighted by Crippen LogP contribution is -2.48. The number of nitrogens with one attached hydrogen (secondary N) is 2. The summed E-state index contributed by atoms with van der Waals surface area (Å²) >= 11 is 0. The molecule has 6 heteroatoms. The first-order chi connectivity index (χ1) is 15.6. The number of hydrogen-bond acceptors (Lipinski definition) is 4. The summed E-state index contributed by atoms with van der Waals surface area (Å²) in [6.45, 7) is 14.0. The minimum Gasteiger partial charge on any atom is -0.481 e. The third kappa shape index (κ3) is 8.44. The number of ether oxygens (including phenoxy) is 2. The second kappa shape index (κ2) is 12.3. The van der Waals surface area contributed by atoms with Crippen LogP contribution >= 0.6 is 0 Å². The molecule has 180 valence electrons. The van der Waals surface area contributed by atoms with Crippen molar-refractivity contribution in [1.82, 2.24) is 10.6 Å². The van der Waals surface area contributed by atoms with E-state index in [2.05, 4.69) is 38.3 Å². The standard InChI is InChI=1S/C27H38N2O4/c1-17(2)22-8-12-24(13-9-22)32-20(6)26(30)28-16-19(5)29-27(31)21(7)33-25-14-10-23(11-15-25)18(3)4/h8-15,17-21H,16H2,1-7H3,(H,28,30)(H,29,31)/t19-,20-,21-/m1/s1. The van der Waals surface area contributed by atoms with E-state index in [0.717, 1.165) is 0 Å². The van der Waals surface area contributed by atoms with E-state index in [1.54, 1.807) is 13.8 Å². The summed E-state index contributed by atoms with van der Waals surface area (Å²) in [5, 5.41) is 5.69. The average molecular weight is 455 g/mol. The molecule has 3 atom stereocenters. The van der Waals surface area contributed by atoms with Gasteiger partial charge in [0.05, 0.1) is 0 Å². The third-order valence-electron chi connectivity index (χ3n) is 5.43. The molecular formula is C27H38N2O4. The summed E-state index contributed by atoms with van der Waals surface area (Å²) in [4.78, 5) is 24.8. The Kier molecular flexibility index (Phi) is 9.76. The molecule has 0 fully saturated rings. The summed E-state index contributed by atoms with van der Waals surface area (Å²) in [5.41, 5.74) is 2.43. The predicted molar refractivity (Wildman–Crippen MR) is 132 cm³/mol. The fourth-order valence-electron chi connectivity index (χ4n) is 3.19. The second-order valence-corrected chi connectivity index (χ2v) is 9.12. The first-order valence-electron chi connectivity index (χ1n) is 11.7. The Balaban J connectivity index is 1.75. The van der Waals surface area contributed by atoms with Gasteiger partial charge in [-0.2, -0.15) is 0 Å². The maximum atomic E-state index is 12.5. The summed E-state index contributed by atoms with van der Waals surface area (Å²) < 4.78 is 11.5. The van der Waals surface area contributed by atoms with Crippen molar-refractivity contribution in [1.29, 1.82) is 0 Å². The van der Waals surface area contributed by atoms with Gasteiger partial charge in [-0.15, -0.1) is 0 Å². The monoisotopic (exact) mass is 454 g/mol. The van der Waals surface area contributed by atoms with Crippen molar-refractivity contribution in [2.75, 3.05) is 6.54 Å². The molecule has 0 bridgehead atoms. The van der Waals surface area contributed by atoms with Gasteiger partial charge in [0.25, 0.3) is 11.8 Å². The molecule has 2 amide bonds. The van der Waals surface area contributed by atoms with Crippen LogP contribution in [0.4, 0.5) is 0 Å². The van der Waals surface area contributed by atoms with Crippen LogP contribution < -0.4 is 20.1 Å². The van der Waals surface area contributed by atoms with E-state index in [1.807, 2.05) is 55.5 Å². The number of hydrogen-bond donors (Lipinski definition) is 2. The lowest BCUT2D eigenvalue weighted by molar-refractivity contribution is -0.129. The largest absolute Gasteiger partial charge is 0.481 e. The molecule has 0 aliphatic rings. The molecule has 0 aromatic heterocycles. The van der Waals surface area contributed by atoms with E-state index >= 15 is 0 Å². The molecule has 0 spiro atoms. The summed E-state index contributed by atoms with van der Waals surface area (Å²) in [7, 11) is 0. The van der Waals surface area contributed by atoms with Gasteiger partial charge in [0, 0.05) is 12.6 Å². The normalized spacial score (nSPS) is 13.8. The summed E-state index contributed by atoms with van der Waals surface area (Å²) in [6, 6.07) is 15.3. The number of carbonyl (C=O) groups excluding carboxylic acids is 2. The van der Waals surface area contributed by atoms with Crippen LogP contribution in [0.2, 0.25) is 0 Å². The van der Waals surface area contributed by atoms with Crippen molar-refractivity contribution < 1.29 is 19.1 Å². The minimum atomic E-state index is -0.649. The molecule has 6 nitrogen and oxygen atoms in total. The van der Waals surface area contributed by atoms with Crippen molar-refractivity contribution in [2.45, 2.75) is 78.6 Å². The van der Waals surface area contributed by atoms with Crippen LogP contribution in [-0.2, 0) is 9.59 Å². The van der Waals surface area contributed by atoms with E-state index in [4.69, 9.17) is 9.47 Å². The van der Waals surface area contributed by atoms with Crippen LogP contribution in [0.1, 0.15) is 71.4 Å². The molecule has 0 aliphatic carbocycles. The van der Waals surface area contributed by atoms with Crippen molar-refractivity contribution in [2.24, 2.45) is 0 Å². The Labute approximate surface area is 198 Å². The molecule has 33 heavy (non-hydrogen) atoms. The number of carbonyl (C=O) groups is 2. The maximum absolute atomic E-state index is 12.5. The molecule has 0 saturated heterocycles. The van der Waals surface area contributed by atoms with Crippen molar-refractivity contribution in [3.63, 3.8) is 0 Å². The zero-order chi connectivity index (χ0) is 24.5. The molecule has 2 aromatic carbocycles. The molecule has 0 saturated carbocycles. The number of amides is 2. The zero-order valence-electron chi connectivity index (χ0n) is 20.8. The maximum Gasteiger partial charge on any atom is 0.261 e. The fraction of sp³-hybridized carbons (Fsp3) is 0.481. The summed E-state index contributed by atoms with van der Waals surface area (Å²) in [6.07, 6.45) is -1.29. The van der Waals surface area contributed by atoms with Crippen LogP contribution in [-0.4, -0.2) is 36.6 Å². The van der Waals surface area contributed by atoms with Crippen LogP contribution in [0.25, 0.3) is 0 Å². The molecule has 2 rings (SSSR count). The first kappa shape index (κ1) is 26.2. The van der Waals surface area contributed by atoms with E-state index in [9.17, 15) is 9.59 Å². The Morgan fingerprint density at radius 2 is 1.06 bits per heavy atom. The Morgan fingerprint density at radius 3 is 1.45 bits per heavy atom. The molecule has 0 unspecified atom stereocenters. The Hall–Kier alpha value is -3.02. The van der Waals surface area contributed by atoms with Crippen LogP contribution in [0, 0.1) is 0 Å². The number of benzene rings is 2. The highest BCUT2D eigenvalue weighted by Crippen LogP contribution is 2.20. The molecule has 0 heterocycles. The SMILES string of the molecule is CC(C)c1ccc(O[C@H](C)C(=O)NC[C@@H](C)NC(=O)[C@@H](C)Oc2ccc(C(C)C)cc2)cc1. The van der Waals surface area contributed by atoms with Crippen LogP contribution in [0.5, 0.6) is 11.5 Å². The van der Waals surface area contributed by atoms with Crippen molar-refractivity contribution in [3.05, 3.63) is 59.7 Å². The molecule has 2 N–H and O–H groups in total. The van der Waals surface area contributed by atoms with Gasteiger partial charge in [0.1, 0.15) is 11.5 Å². The highest BCUT2D eigenvalue weighted by atomic mass is 16.5. The zero-order valence-corrected chi connectivity index (χ0v) is 20.8. The fourth-order valence-corrected chi connectivity index (χ4v) is 3.19. The van der Waals surface area contributed by atoms with Crippen molar-refractivity contribution >= 4 is 11.8 Å². The molecule has 2 aromatic rings. The van der Waals surface area contributed by atoms with Gasteiger partial charge in [-0.25, -0.2) is 0 Å². The number of rotatable bonds is 11. The first-order valence-corrected chi connectivity index (χ1v) is 11.7. The highest BCUT2D eigenvalue weighted by molar-refractivity contribution is 5.82. The van der Waals surface area contributed by atoms with E-state index in [0.29, 0.717) is 29.9 Å². The van der Waals surface area contributed by atoms with E-state index in [-0.39, 0.29) is 17.9 Å². The predicted octanol–water partition coefficient (Wildman–Crippen LogP) is 4.79. The van der Waals surface area contributed by atoms with Crippen LogP contribution in [0.15, 0.2) is 48.5 Å². The lowest BCUT2D eigenvalue weighted by Gasteiger charge is -2.20. The second-order valence-electron chi connectivity index (χ2n) is 9.12. The minimum absolute atomic E-state index is 0.237. The Bertz CT molecular complexity index is 891. The van der Waals surface area contributed by atoms with E-state index in [1.165, 1.54) is 11.1 Å². The van der Waals surface area contributed by atoms with Gasteiger partial charge in [-0.05, 0) is 68.0 Å². The smallest absolute Gasteiger partial charge is 0.261 e. The molecular weight excluding hydrogens is 416 g/mol. The third-order valence-corrected chi connectivity index (χ3v) is 5.43. The Morgan fingerprint density at radius 1 is 0.667 bits per heavy atom. The topological polar surface area (TPSA) is 76.7 Å². The van der Waals surface area contributed by atoms with Crippen molar-refractivity contribution in [3.8, 4) is 11.5 Å². The van der Waals surface area contributed by atoms with Gasteiger partial charge >= 0.3 is 0 Å². The van der Waals surface area contributed by atoms with Gasteiger partial charge in [-0.3, -0.25) is 9.59 Å². The molecule has 0 aliphatic heterocycles.